The van der Waals surface area contributed by atoms with Crippen LogP contribution in [0, 0.1) is 26.9 Å². The molecule has 2 aliphatic carbocycles. The highest BCUT2D eigenvalue weighted by Crippen LogP contribution is 2.64. The first kappa shape index (κ1) is 17.2. The van der Waals surface area contributed by atoms with Crippen LogP contribution in [0.25, 0.3) is 0 Å². The van der Waals surface area contributed by atoms with Gasteiger partial charge in [-0.25, -0.2) is 0 Å². The molecule has 122 valence electrons. The largest absolute Gasteiger partial charge is 1.00 e. The molecule has 2 fully saturated rings. The molecule has 2 N–H and O–H groups in total. The van der Waals surface area contributed by atoms with Crippen LogP contribution in [0.4, 0.5) is 5.69 Å². The molecule has 2 aliphatic rings. The predicted octanol–water partition coefficient (Wildman–Crippen LogP) is -0.123. The molecule has 3 atom stereocenters. The lowest BCUT2D eigenvalue weighted by Gasteiger charge is -2.37. The van der Waals surface area contributed by atoms with Crippen LogP contribution in [0.15, 0.2) is 24.3 Å². The molecule has 1 aromatic rings. The van der Waals surface area contributed by atoms with Crippen molar-refractivity contribution in [2.45, 2.75) is 52.6 Å². The van der Waals surface area contributed by atoms with Crippen molar-refractivity contribution in [3.05, 3.63) is 39.9 Å². The van der Waals surface area contributed by atoms with Crippen LogP contribution in [-0.4, -0.2) is 11.0 Å². The Balaban J connectivity index is 0.00000176. The van der Waals surface area contributed by atoms with Gasteiger partial charge < -0.3 is 17.7 Å². The first-order valence-electron chi connectivity index (χ1n) is 7.91. The van der Waals surface area contributed by atoms with Crippen LogP contribution in [0.5, 0.6) is 0 Å². The molecule has 2 saturated carbocycles. The summed E-state index contributed by atoms with van der Waals surface area (Å²) in [6, 6.07) is 7.66. The molecule has 3 unspecified atom stereocenters. The van der Waals surface area contributed by atoms with E-state index in [4.69, 9.17) is 0 Å². The number of benzene rings is 1. The van der Waals surface area contributed by atoms with Crippen LogP contribution in [0.1, 0.15) is 45.6 Å². The van der Waals surface area contributed by atoms with Crippen LogP contribution in [-0.2, 0) is 6.54 Å². The number of nitro groups is 1. The molecule has 0 heterocycles. The van der Waals surface area contributed by atoms with E-state index in [0.29, 0.717) is 16.9 Å². The monoisotopic (exact) mass is 324 g/mol. The zero-order valence-electron chi connectivity index (χ0n) is 13.5. The molecule has 4 nitrogen and oxygen atoms in total. The normalized spacial score (nSPS) is 31.8. The van der Waals surface area contributed by atoms with Gasteiger partial charge in [0.15, 0.2) is 0 Å². The first-order valence-corrected chi connectivity index (χ1v) is 7.91. The first-order chi connectivity index (χ1) is 9.84. The average molecular weight is 325 g/mol. The lowest BCUT2D eigenvalue weighted by Crippen LogP contribution is -3.00. The Bertz CT molecular complexity index is 558. The second kappa shape index (κ2) is 5.82. The maximum atomic E-state index is 10.7. The van der Waals surface area contributed by atoms with Gasteiger partial charge in [-0.05, 0) is 36.3 Å². The van der Waals surface area contributed by atoms with Crippen molar-refractivity contribution in [3.8, 4) is 0 Å². The molecular formula is C17H25ClN2O2. The van der Waals surface area contributed by atoms with E-state index >= 15 is 0 Å². The summed E-state index contributed by atoms with van der Waals surface area (Å²) in [5, 5.41) is 13.1. The molecular weight excluding hydrogens is 300 g/mol. The maximum absolute atomic E-state index is 10.7. The summed E-state index contributed by atoms with van der Waals surface area (Å²) in [6.45, 7) is 8.24. The number of hydrogen-bond acceptors (Lipinski definition) is 2. The van der Waals surface area contributed by atoms with Crippen molar-refractivity contribution in [2.75, 3.05) is 0 Å². The second-order valence-electron chi connectivity index (χ2n) is 7.58. The third-order valence-electron chi connectivity index (χ3n) is 6.65. The third-order valence-corrected chi connectivity index (χ3v) is 6.65. The lowest BCUT2D eigenvalue weighted by molar-refractivity contribution is -0.717. The molecule has 2 bridgehead atoms. The summed E-state index contributed by atoms with van der Waals surface area (Å²) < 4.78 is 0. The maximum Gasteiger partial charge on any atom is 0.269 e. The highest BCUT2D eigenvalue weighted by molar-refractivity contribution is 5.32. The number of halogens is 1. The number of hydrogen-bond donors (Lipinski definition) is 1. The van der Waals surface area contributed by atoms with Crippen LogP contribution in [0.2, 0.25) is 0 Å². The van der Waals surface area contributed by atoms with Gasteiger partial charge in [0.1, 0.15) is 6.54 Å². The summed E-state index contributed by atoms with van der Waals surface area (Å²) in [5.41, 5.74) is 2.22. The van der Waals surface area contributed by atoms with E-state index in [-0.39, 0.29) is 23.0 Å². The SMILES string of the molecule is CC1(C)C2CCC1(C)C([NH2+]Cc1ccc([N+](=O)[O-])cc1)C2.[Cl-]. The van der Waals surface area contributed by atoms with Gasteiger partial charge in [-0.1, -0.05) is 20.8 Å². The van der Waals surface area contributed by atoms with E-state index in [1.165, 1.54) is 24.8 Å². The third kappa shape index (κ3) is 2.52. The summed E-state index contributed by atoms with van der Waals surface area (Å²) in [6.07, 6.45) is 4.04. The minimum absolute atomic E-state index is 0. The van der Waals surface area contributed by atoms with Crippen LogP contribution >= 0.6 is 0 Å². The van der Waals surface area contributed by atoms with Crippen molar-refractivity contribution in [2.24, 2.45) is 16.7 Å². The van der Waals surface area contributed by atoms with Gasteiger partial charge in [-0.2, -0.15) is 0 Å². The Morgan fingerprint density at radius 3 is 2.36 bits per heavy atom. The summed E-state index contributed by atoms with van der Waals surface area (Å²) >= 11 is 0. The summed E-state index contributed by atoms with van der Waals surface area (Å²) in [4.78, 5) is 10.3. The molecule has 3 rings (SSSR count). The van der Waals surface area contributed by atoms with Gasteiger partial charge in [0, 0.05) is 29.5 Å². The van der Waals surface area contributed by atoms with Gasteiger partial charge in [0.2, 0.25) is 0 Å². The molecule has 0 spiro atoms. The van der Waals surface area contributed by atoms with Crippen molar-refractivity contribution >= 4 is 5.69 Å². The smallest absolute Gasteiger partial charge is 0.269 e. The van der Waals surface area contributed by atoms with Crippen molar-refractivity contribution < 1.29 is 22.6 Å². The van der Waals surface area contributed by atoms with Crippen molar-refractivity contribution in [3.63, 3.8) is 0 Å². The molecule has 0 aliphatic heterocycles. The number of non-ortho nitro benzene ring substituents is 1. The molecule has 0 radical (unpaired) electrons. The van der Waals surface area contributed by atoms with Crippen molar-refractivity contribution in [1.82, 2.24) is 0 Å². The molecule has 1 aromatic carbocycles. The Kier molecular flexibility index (Phi) is 4.56. The van der Waals surface area contributed by atoms with Gasteiger partial charge in [0.05, 0.1) is 11.0 Å². The van der Waals surface area contributed by atoms with Gasteiger partial charge in [-0.15, -0.1) is 0 Å². The van der Waals surface area contributed by atoms with E-state index in [9.17, 15) is 10.1 Å². The highest BCUT2D eigenvalue weighted by Gasteiger charge is 2.63. The van der Waals surface area contributed by atoms with E-state index in [2.05, 4.69) is 26.1 Å². The Morgan fingerprint density at radius 2 is 1.91 bits per heavy atom. The zero-order chi connectivity index (χ0) is 15.3. The van der Waals surface area contributed by atoms with Gasteiger partial charge in [0.25, 0.3) is 5.69 Å². The van der Waals surface area contributed by atoms with Crippen LogP contribution < -0.4 is 17.7 Å². The van der Waals surface area contributed by atoms with Gasteiger partial charge in [-0.3, -0.25) is 10.1 Å². The molecule has 0 aromatic heterocycles. The Labute approximate surface area is 138 Å². The van der Waals surface area contributed by atoms with Gasteiger partial charge >= 0.3 is 0 Å². The summed E-state index contributed by atoms with van der Waals surface area (Å²) in [7, 11) is 0. The molecule has 0 saturated heterocycles. The van der Waals surface area contributed by atoms with E-state index < -0.39 is 0 Å². The Morgan fingerprint density at radius 1 is 1.27 bits per heavy atom. The van der Waals surface area contributed by atoms with Crippen LogP contribution in [0.3, 0.4) is 0 Å². The minimum Gasteiger partial charge on any atom is -1.00 e. The number of nitrogens with two attached hydrogens (primary N) is 1. The Hall–Kier alpha value is -1.13. The number of fused-ring (bicyclic) bond motifs is 2. The fraction of sp³-hybridized carbons (Fsp3) is 0.647. The number of rotatable bonds is 4. The number of nitro benzene ring substituents is 1. The van der Waals surface area contributed by atoms with E-state index in [1.54, 1.807) is 12.1 Å². The fourth-order valence-electron chi connectivity index (χ4n) is 4.65. The molecule has 22 heavy (non-hydrogen) atoms. The number of nitrogens with zero attached hydrogens (tertiary/aromatic N) is 1. The number of quaternary nitrogens is 1. The molecule has 0 amide bonds. The minimum atomic E-state index is -0.340. The summed E-state index contributed by atoms with van der Waals surface area (Å²) in [5.74, 6) is 0.862. The van der Waals surface area contributed by atoms with E-state index in [1.807, 2.05) is 12.1 Å². The average Bonchev–Trinajstić information content (AvgIpc) is 2.78. The van der Waals surface area contributed by atoms with Crippen molar-refractivity contribution in [1.29, 1.82) is 0 Å². The topological polar surface area (TPSA) is 59.8 Å². The highest BCUT2D eigenvalue weighted by atomic mass is 35.5. The quantitative estimate of drug-likeness (QED) is 0.620. The zero-order valence-corrected chi connectivity index (χ0v) is 14.3. The molecule has 5 heteroatoms. The standard InChI is InChI=1S/C17H24N2O2.ClH/c1-16(2)13-8-9-17(16,3)15(10-13)18-11-12-4-6-14(7-5-12)19(20)21;/h4-7,13,15,18H,8-11H2,1-3H3;1H. The lowest BCUT2D eigenvalue weighted by atomic mass is 9.69. The van der Waals surface area contributed by atoms with E-state index in [0.717, 1.165) is 12.5 Å². The fourth-order valence-corrected chi connectivity index (χ4v) is 4.65. The predicted molar refractivity (Wildman–Crippen MR) is 81.7 cm³/mol. The second-order valence-corrected chi connectivity index (χ2v) is 7.58.